The molecule has 3 saturated carbocycles. The van der Waals surface area contributed by atoms with Crippen molar-refractivity contribution in [1.29, 1.82) is 0 Å². The van der Waals surface area contributed by atoms with Crippen LogP contribution in [-0.2, 0) is 0 Å². The van der Waals surface area contributed by atoms with Crippen molar-refractivity contribution in [1.82, 2.24) is 20.2 Å². The summed E-state index contributed by atoms with van der Waals surface area (Å²) in [6, 6.07) is -0.0329. The summed E-state index contributed by atoms with van der Waals surface area (Å²) in [6.07, 6.45) is 15.6. The number of hydrogen-bond acceptors (Lipinski definition) is 3. The number of urea groups is 2. The molecule has 1 atom stereocenters. The summed E-state index contributed by atoms with van der Waals surface area (Å²) in [6.45, 7) is 4.06. The van der Waals surface area contributed by atoms with Crippen LogP contribution in [0, 0.1) is 0 Å². The van der Waals surface area contributed by atoms with Gasteiger partial charge in [0.1, 0.15) is 0 Å². The fraction of sp³-hybridized carbons (Fsp3) is 0.917. The van der Waals surface area contributed by atoms with Crippen molar-refractivity contribution < 1.29 is 14.8 Å². The van der Waals surface area contributed by atoms with Gasteiger partial charge in [-0.2, -0.15) is 5.06 Å². The van der Waals surface area contributed by atoms with Gasteiger partial charge in [-0.25, -0.2) is 9.59 Å². The number of nitrogens with zero attached hydrogens (tertiary/aromatic N) is 3. The lowest BCUT2D eigenvalue weighted by molar-refractivity contribution is -0.143. The molecule has 4 aliphatic rings. The Morgan fingerprint density at radius 2 is 1.35 bits per heavy atom. The molecular formula is C24H42N4O3. The van der Waals surface area contributed by atoms with Crippen molar-refractivity contribution in [2.75, 3.05) is 0 Å². The van der Waals surface area contributed by atoms with E-state index in [0.717, 1.165) is 82.1 Å². The van der Waals surface area contributed by atoms with Crippen molar-refractivity contribution in [3.05, 3.63) is 0 Å². The number of carbonyl (C=O) groups excluding carboxylic acids is 2. The number of rotatable bonds is 4. The largest absolute Gasteiger partial charge is 0.343 e. The summed E-state index contributed by atoms with van der Waals surface area (Å²) in [5.41, 5.74) is -0.644. The average molecular weight is 435 g/mol. The van der Waals surface area contributed by atoms with Crippen LogP contribution >= 0.6 is 0 Å². The van der Waals surface area contributed by atoms with E-state index < -0.39 is 17.7 Å². The fourth-order valence-corrected chi connectivity index (χ4v) is 6.64. The molecule has 0 radical (unpaired) electrons. The Bertz CT molecular complexity index is 637. The molecule has 7 nitrogen and oxygen atoms in total. The summed E-state index contributed by atoms with van der Waals surface area (Å²) in [5, 5.41) is 15.1. The van der Waals surface area contributed by atoms with Gasteiger partial charge in [0.2, 0.25) is 0 Å². The molecule has 4 rings (SSSR count). The number of hydroxylamine groups is 2. The quantitative estimate of drug-likeness (QED) is 0.470. The van der Waals surface area contributed by atoms with Crippen molar-refractivity contribution in [2.24, 2.45) is 0 Å². The Balaban J connectivity index is 1.58. The molecule has 0 aromatic rings. The van der Waals surface area contributed by atoms with E-state index in [1.807, 2.05) is 23.6 Å². The SMILES string of the molecule is CC1(C)C(N(O)C(=O)NC2CCCCC2)N(C2CCCCC2)C(=O)N1C1CCCCC1. The molecule has 0 bridgehead atoms. The van der Waals surface area contributed by atoms with Crippen LogP contribution in [0.25, 0.3) is 0 Å². The minimum Gasteiger partial charge on any atom is -0.333 e. The van der Waals surface area contributed by atoms with Gasteiger partial charge in [-0.3, -0.25) is 10.1 Å². The zero-order valence-corrected chi connectivity index (χ0v) is 19.5. The first-order valence-electron chi connectivity index (χ1n) is 12.8. The van der Waals surface area contributed by atoms with Gasteiger partial charge < -0.3 is 10.2 Å². The minimum absolute atomic E-state index is 0.0123. The fourth-order valence-electron chi connectivity index (χ4n) is 6.64. The van der Waals surface area contributed by atoms with Gasteiger partial charge in [0.15, 0.2) is 6.17 Å². The predicted molar refractivity (Wildman–Crippen MR) is 120 cm³/mol. The lowest BCUT2D eigenvalue weighted by Gasteiger charge is -2.43. The highest BCUT2D eigenvalue weighted by Crippen LogP contribution is 2.42. The molecule has 3 aliphatic carbocycles. The standard InChI is InChI=1S/C24H42N4O3/c1-24(2)21(28(31)22(29)25-18-12-6-3-7-13-18)26(19-14-8-4-9-15-19)23(30)27(24)20-16-10-5-11-17-20/h18-21,31H,3-17H2,1-2H3,(H,25,29). The Morgan fingerprint density at radius 1 is 0.871 bits per heavy atom. The second kappa shape index (κ2) is 9.55. The summed E-state index contributed by atoms with van der Waals surface area (Å²) >= 11 is 0. The van der Waals surface area contributed by atoms with Crippen LogP contribution in [0.15, 0.2) is 0 Å². The van der Waals surface area contributed by atoms with Crippen molar-refractivity contribution in [2.45, 2.75) is 140 Å². The van der Waals surface area contributed by atoms with Crippen LogP contribution in [0.4, 0.5) is 9.59 Å². The second-order valence-corrected chi connectivity index (χ2v) is 10.8. The molecule has 1 aliphatic heterocycles. The minimum atomic E-state index is -0.659. The smallest absolute Gasteiger partial charge is 0.333 e. The van der Waals surface area contributed by atoms with Gasteiger partial charge in [0.05, 0.1) is 5.54 Å². The molecule has 0 aromatic heterocycles. The number of nitrogens with one attached hydrogen (secondary N) is 1. The van der Waals surface area contributed by atoms with Crippen molar-refractivity contribution >= 4 is 12.1 Å². The monoisotopic (exact) mass is 434 g/mol. The Morgan fingerprint density at radius 3 is 1.90 bits per heavy atom. The van der Waals surface area contributed by atoms with Crippen molar-refractivity contribution in [3.8, 4) is 0 Å². The first-order chi connectivity index (χ1) is 14.9. The summed E-state index contributed by atoms with van der Waals surface area (Å²) in [4.78, 5) is 30.8. The summed E-state index contributed by atoms with van der Waals surface area (Å²) < 4.78 is 0. The van der Waals surface area contributed by atoms with Gasteiger partial charge in [-0.1, -0.05) is 57.8 Å². The van der Waals surface area contributed by atoms with Crippen LogP contribution in [0.5, 0.6) is 0 Å². The van der Waals surface area contributed by atoms with Gasteiger partial charge >= 0.3 is 12.1 Å². The maximum atomic E-state index is 13.8. The number of carbonyl (C=O) groups is 2. The van der Waals surface area contributed by atoms with E-state index in [1.165, 1.54) is 19.3 Å². The topological polar surface area (TPSA) is 76.1 Å². The maximum absolute atomic E-state index is 13.8. The molecule has 2 N–H and O–H groups in total. The van der Waals surface area contributed by atoms with E-state index >= 15 is 0 Å². The van der Waals surface area contributed by atoms with E-state index in [9.17, 15) is 14.8 Å². The van der Waals surface area contributed by atoms with Crippen LogP contribution in [0.1, 0.15) is 110 Å². The molecule has 0 spiro atoms. The van der Waals surface area contributed by atoms with Gasteiger partial charge in [-0.15, -0.1) is 0 Å². The molecule has 4 fully saturated rings. The Hall–Kier alpha value is -1.50. The molecule has 1 heterocycles. The molecule has 0 aromatic carbocycles. The Labute approximate surface area is 187 Å². The van der Waals surface area contributed by atoms with Crippen molar-refractivity contribution in [3.63, 3.8) is 0 Å². The molecule has 31 heavy (non-hydrogen) atoms. The first kappa shape index (κ1) is 22.7. The highest BCUT2D eigenvalue weighted by Gasteiger charge is 2.58. The molecule has 176 valence electrons. The van der Waals surface area contributed by atoms with E-state index in [2.05, 4.69) is 5.32 Å². The van der Waals surface area contributed by atoms with Gasteiger partial charge in [-0.05, 0) is 52.4 Å². The van der Waals surface area contributed by atoms with E-state index in [0.29, 0.717) is 0 Å². The van der Waals surface area contributed by atoms with E-state index in [4.69, 9.17) is 0 Å². The van der Waals surface area contributed by atoms with Crippen LogP contribution < -0.4 is 5.32 Å². The number of hydrogen-bond donors (Lipinski definition) is 2. The van der Waals surface area contributed by atoms with Crippen LogP contribution in [-0.4, -0.2) is 62.0 Å². The third-order valence-electron chi connectivity index (χ3n) is 8.22. The summed E-state index contributed by atoms with van der Waals surface area (Å²) in [7, 11) is 0. The number of amides is 4. The zero-order chi connectivity index (χ0) is 22.0. The second-order valence-electron chi connectivity index (χ2n) is 10.8. The molecule has 1 unspecified atom stereocenters. The predicted octanol–water partition coefficient (Wildman–Crippen LogP) is 5.23. The molecule has 7 heteroatoms. The average Bonchev–Trinajstić information content (AvgIpc) is 3.00. The third kappa shape index (κ3) is 4.53. The highest BCUT2D eigenvalue weighted by molar-refractivity contribution is 5.82. The lowest BCUT2D eigenvalue weighted by Crippen LogP contribution is -2.62. The lowest BCUT2D eigenvalue weighted by atomic mass is 9.89. The van der Waals surface area contributed by atoms with E-state index in [1.54, 1.807) is 0 Å². The normalized spacial score (nSPS) is 28.7. The van der Waals surface area contributed by atoms with Gasteiger partial charge in [0.25, 0.3) is 0 Å². The maximum Gasteiger partial charge on any atom is 0.343 e. The zero-order valence-electron chi connectivity index (χ0n) is 19.5. The molecular weight excluding hydrogens is 392 g/mol. The summed E-state index contributed by atoms with van der Waals surface area (Å²) in [5.74, 6) is 0. The third-order valence-corrected chi connectivity index (χ3v) is 8.22. The first-order valence-corrected chi connectivity index (χ1v) is 12.8. The molecule has 1 saturated heterocycles. The molecule has 4 amide bonds. The Kier molecular flexibility index (Phi) is 6.99. The highest BCUT2D eigenvalue weighted by atomic mass is 16.5. The van der Waals surface area contributed by atoms with Crippen LogP contribution in [0.3, 0.4) is 0 Å². The van der Waals surface area contributed by atoms with Gasteiger partial charge in [0, 0.05) is 18.1 Å². The van der Waals surface area contributed by atoms with E-state index in [-0.39, 0.29) is 24.2 Å². The van der Waals surface area contributed by atoms with Crippen LogP contribution in [0.2, 0.25) is 0 Å².